The molecule has 1 N–H and O–H groups in total. The van der Waals surface area contributed by atoms with Crippen LogP contribution in [-0.2, 0) is 4.79 Å². The van der Waals surface area contributed by atoms with Crippen LogP contribution in [-0.4, -0.2) is 24.0 Å². The van der Waals surface area contributed by atoms with Gasteiger partial charge in [0.15, 0.2) is 0 Å². The number of carbonyl (C=O) groups is 1. The average molecular weight is 175 g/mol. The minimum Gasteiger partial charge on any atom is -0.357 e. The van der Waals surface area contributed by atoms with Crippen molar-refractivity contribution in [1.82, 2.24) is 5.32 Å². The van der Waals surface area contributed by atoms with Gasteiger partial charge in [0.2, 0.25) is 6.41 Å². The molecule has 0 saturated heterocycles. The van der Waals surface area contributed by atoms with Crippen LogP contribution in [0.4, 0.5) is 0 Å². The Bertz CT molecular complexity index is 104. The first-order valence-electron chi connectivity index (χ1n) is 3.97. The van der Waals surface area contributed by atoms with Gasteiger partial charge in [0.25, 0.3) is 0 Å². The van der Waals surface area contributed by atoms with Gasteiger partial charge in [0, 0.05) is 11.3 Å². The number of hydrogen-bond donors (Lipinski definition) is 1. The van der Waals surface area contributed by atoms with Gasteiger partial charge in [-0.05, 0) is 19.1 Å². The molecule has 0 rings (SSSR count). The van der Waals surface area contributed by atoms with E-state index in [0.29, 0.717) is 0 Å². The van der Waals surface area contributed by atoms with E-state index in [2.05, 4.69) is 25.4 Å². The van der Waals surface area contributed by atoms with E-state index in [9.17, 15) is 4.79 Å². The Labute approximate surface area is 73.1 Å². The first kappa shape index (κ1) is 10.8. The Hall–Kier alpha value is -0.180. The number of amides is 1. The van der Waals surface area contributed by atoms with Gasteiger partial charge in [-0.2, -0.15) is 11.8 Å². The first-order chi connectivity index (χ1) is 5.24. The maximum atomic E-state index is 10.1. The Balaban J connectivity index is 3.93. The molecule has 0 aromatic rings. The molecule has 0 heterocycles. The molecule has 0 bridgehead atoms. The maximum absolute atomic E-state index is 10.1. The molecule has 11 heavy (non-hydrogen) atoms. The van der Waals surface area contributed by atoms with Crippen LogP contribution in [0.15, 0.2) is 0 Å². The molecule has 0 saturated carbocycles. The summed E-state index contributed by atoms with van der Waals surface area (Å²) in [7, 11) is 0. The summed E-state index contributed by atoms with van der Waals surface area (Å²) in [5.41, 5.74) is 0. The highest BCUT2D eigenvalue weighted by molar-refractivity contribution is 8.00. The molecule has 1 amide bonds. The summed E-state index contributed by atoms with van der Waals surface area (Å²) >= 11 is 1.84. The van der Waals surface area contributed by atoms with E-state index in [1.165, 1.54) is 0 Å². The second-order valence-corrected chi connectivity index (χ2v) is 3.87. The number of carbonyl (C=O) groups excluding carboxylic acids is 1. The van der Waals surface area contributed by atoms with Crippen LogP contribution < -0.4 is 5.32 Å². The lowest BCUT2D eigenvalue weighted by atomic mass is 10.0. The minimum atomic E-state index is 0.251. The summed E-state index contributed by atoms with van der Waals surface area (Å²) < 4.78 is 0.251. The van der Waals surface area contributed by atoms with E-state index in [0.717, 1.165) is 25.8 Å². The number of nitrogens with one attached hydrogen (secondary N) is 1. The zero-order valence-corrected chi connectivity index (χ0v) is 8.33. The van der Waals surface area contributed by atoms with Gasteiger partial charge in [0.05, 0.1) is 0 Å². The third-order valence-electron chi connectivity index (χ3n) is 2.23. The van der Waals surface area contributed by atoms with E-state index in [4.69, 9.17) is 0 Å². The van der Waals surface area contributed by atoms with Gasteiger partial charge in [-0.25, -0.2) is 0 Å². The van der Waals surface area contributed by atoms with Crippen LogP contribution >= 0.6 is 11.8 Å². The Morgan fingerprint density at radius 1 is 1.45 bits per heavy atom. The van der Waals surface area contributed by atoms with Crippen molar-refractivity contribution in [3.8, 4) is 0 Å². The van der Waals surface area contributed by atoms with Crippen molar-refractivity contribution in [2.24, 2.45) is 0 Å². The van der Waals surface area contributed by atoms with Gasteiger partial charge >= 0.3 is 0 Å². The Morgan fingerprint density at radius 3 is 2.27 bits per heavy atom. The monoisotopic (exact) mass is 175 g/mol. The lowest BCUT2D eigenvalue weighted by Gasteiger charge is -2.28. The summed E-state index contributed by atoms with van der Waals surface area (Å²) in [6, 6.07) is 0. The molecular formula is C8H17NOS. The lowest BCUT2D eigenvalue weighted by Crippen LogP contribution is -2.35. The summed E-state index contributed by atoms with van der Waals surface area (Å²) in [5, 5.41) is 2.74. The lowest BCUT2D eigenvalue weighted by molar-refractivity contribution is -0.109. The second kappa shape index (κ2) is 5.47. The normalized spacial score (nSPS) is 11.2. The van der Waals surface area contributed by atoms with Crippen molar-refractivity contribution in [3.05, 3.63) is 0 Å². The molecule has 0 aliphatic heterocycles. The average Bonchev–Trinajstić information content (AvgIpc) is 2.08. The number of hydrogen-bond acceptors (Lipinski definition) is 2. The van der Waals surface area contributed by atoms with E-state index in [1.807, 2.05) is 11.8 Å². The molecule has 0 aliphatic carbocycles. The summed E-state index contributed by atoms with van der Waals surface area (Å²) in [4.78, 5) is 10.1. The Kier molecular flexibility index (Phi) is 5.38. The first-order valence-corrected chi connectivity index (χ1v) is 5.19. The fourth-order valence-corrected chi connectivity index (χ4v) is 1.89. The van der Waals surface area contributed by atoms with Crippen LogP contribution in [0.5, 0.6) is 0 Å². The predicted octanol–water partition coefficient (Wildman–Crippen LogP) is 1.65. The fourth-order valence-electron chi connectivity index (χ4n) is 1.09. The highest BCUT2D eigenvalue weighted by Crippen LogP contribution is 2.29. The molecule has 66 valence electrons. The van der Waals surface area contributed by atoms with Crippen molar-refractivity contribution < 1.29 is 4.79 Å². The smallest absolute Gasteiger partial charge is 0.207 e. The quantitative estimate of drug-likeness (QED) is 0.622. The topological polar surface area (TPSA) is 29.1 Å². The van der Waals surface area contributed by atoms with Crippen LogP contribution in [0, 0.1) is 0 Å². The van der Waals surface area contributed by atoms with Gasteiger partial charge in [-0.15, -0.1) is 0 Å². The molecular weight excluding hydrogens is 158 g/mol. The van der Waals surface area contributed by atoms with Gasteiger partial charge in [-0.1, -0.05) is 13.8 Å². The van der Waals surface area contributed by atoms with Crippen molar-refractivity contribution in [2.45, 2.75) is 31.4 Å². The van der Waals surface area contributed by atoms with Crippen molar-refractivity contribution >= 4 is 18.2 Å². The van der Waals surface area contributed by atoms with Crippen LogP contribution in [0.3, 0.4) is 0 Å². The van der Waals surface area contributed by atoms with Crippen molar-refractivity contribution in [1.29, 1.82) is 0 Å². The summed E-state index contributed by atoms with van der Waals surface area (Å²) in [5.74, 6) is 0. The molecule has 3 heteroatoms. The standard InChI is InChI=1S/C8H17NOS/c1-4-8(5-2,11-3)6-9-7-10/h7H,4-6H2,1-3H3,(H,9,10). The molecule has 0 aromatic carbocycles. The Morgan fingerprint density at radius 2 is 2.00 bits per heavy atom. The second-order valence-electron chi connectivity index (χ2n) is 2.59. The molecule has 0 spiro atoms. The van der Waals surface area contributed by atoms with Crippen molar-refractivity contribution in [2.75, 3.05) is 12.8 Å². The SMILES string of the molecule is CCC(CC)(CNC=O)SC. The third kappa shape index (κ3) is 3.14. The zero-order valence-electron chi connectivity index (χ0n) is 7.52. The van der Waals surface area contributed by atoms with Crippen LogP contribution in [0.25, 0.3) is 0 Å². The third-order valence-corrected chi connectivity index (χ3v) is 3.82. The van der Waals surface area contributed by atoms with Crippen LogP contribution in [0.2, 0.25) is 0 Å². The molecule has 0 aromatic heterocycles. The molecule has 0 atom stereocenters. The zero-order chi connectivity index (χ0) is 8.74. The van der Waals surface area contributed by atoms with E-state index in [1.54, 1.807) is 0 Å². The van der Waals surface area contributed by atoms with E-state index >= 15 is 0 Å². The predicted molar refractivity (Wildman–Crippen MR) is 50.9 cm³/mol. The maximum Gasteiger partial charge on any atom is 0.207 e. The largest absolute Gasteiger partial charge is 0.357 e. The minimum absolute atomic E-state index is 0.251. The molecule has 2 nitrogen and oxygen atoms in total. The summed E-state index contributed by atoms with van der Waals surface area (Å²) in [6.07, 6.45) is 5.08. The summed E-state index contributed by atoms with van der Waals surface area (Å²) in [6.45, 7) is 5.10. The molecule has 0 fully saturated rings. The van der Waals surface area contributed by atoms with Gasteiger partial charge in [0.1, 0.15) is 0 Å². The van der Waals surface area contributed by atoms with Crippen molar-refractivity contribution in [3.63, 3.8) is 0 Å². The highest BCUT2D eigenvalue weighted by Gasteiger charge is 2.23. The van der Waals surface area contributed by atoms with E-state index < -0.39 is 0 Å². The number of thioether (sulfide) groups is 1. The molecule has 0 radical (unpaired) electrons. The highest BCUT2D eigenvalue weighted by atomic mass is 32.2. The molecule has 0 aliphatic rings. The number of rotatable bonds is 6. The van der Waals surface area contributed by atoms with E-state index in [-0.39, 0.29) is 4.75 Å². The van der Waals surface area contributed by atoms with Gasteiger partial charge < -0.3 is 5.32 Å². The van der Waals surface area contributed by atoms with Crippen LogP contribution in [0.1, 0.15) is 26.7 Å². The fraction of sp³-hybridized carbons (Fsp3) is 0.875. The molecule has 0 unspecified atom stereocenters. The van der Waals surface area contributed by atoms with Gasteiger partial charge in [-0.3, -0.25) is 4.79 Å².